The van der Waals surface area contributed by atoms with Gasteiger partial charge in [-0.3, -0.25) is 19.6 Å². The van der Waals surface area contributed by atoms with Gasteiger partial charge in [0, 0.05) is 25.1 Å². The first-order valence-corrected chi connectivity index (χ1v) is 11.6. The number of fused-ring (bicyclic) bond motifs is 3. The monoisotopic (exact) mass is 474 g/mol. The number of carboxylic acid groups (broad SMARTS) is 1. The highest BCUT2D eigenvalue weighted by atomic mass is 16.5. The second kappa shape index (κ2) is 9.25. The standard InChI is InChI=1S/C26H26N4O5/c1-30-23(13-22(29-30)24(31)27-16-11-10-15(12-16)25(32)33)28-26(34)35-14-21-19-8-4-2-6-17(19)18-7-3-5-9-20(18)21/h2-9,13,15-16,21H,10-12,14H2,1H3,(H,27,31)(H,28,34)(H,32,33). The molecule has 5 rings (SSSR count). The molecule has 2 aliphatic carbocycles. The molecular formula is C26H26N4O5. The van der Waals surface area contributed by atoms with Gasteiger partial charge in [-0.15, -0.1) is 0 Å². The third-order valence-corrected chi connectivity index (χ3v) is 6.80. The Bertz CT molecular complexity index is 1250. The number of hydrogen-bond acceptors (Lipinski definition) is 5. The Hall–Kier alpha value is -4.14. The average Bonchev–Trinajstić information content (AvgIpc) is 3.54. The van der Waals surface area contributed by atoms with Gasteiger partial charge in [0.25, 0.3) is 5.91 Å². The minimum atomic E-state index is -0.839. The number of carbonyl (C=O) groups excluding carboxylic acids is 2. The molecule has 2 unspecified atom stereocenters. The highest BCUT2D eigenvalue weighted by Crippen LogP contribution is 2.44. The molecule has 9 heteroatoms. The van der Waals surface area contributed by atoms with Gasteiger partial charge in [0.2, 0.25) is 0 Å². The number of aryl methyl sites for hydroxylation is 1. The van der Waals surface area contributed by atoms with Gasteiger partial charge in [0.15, 0.2) is 5.69 Å². The van der Waals surface area contributed by atoms with E-state index >= 15 is 0 Å². The van der Waals surface area contributed by atoms with E-state index in [1.807, 2.05) is 24.3 Å². The molecule has 1 saturated carbocycles. The summed E-state index contributed by atoms with van der Waals surface area (Å²) in [6, 6.07) is 17.5. The van der Waals surface area contributed by atoms with E-state index in [1.54, 1.807) is 7.05 Å². The van der Waals surface area contributed by atoms with Crippen molar-refractivity contribution >= 4 is 23.8 Å². The van der Waals surface area contributed by atoms with Crippen LogP contribution in [0.3, 0.4) is 0 Å². The van der Waals surface area contributed by atoms with Gasteiger partial charge in [-0.05, 0) is 41.5 Å². The number of amides is 2. The van der Waals surface area contributed by atoms with Crippen LogP contribution < -0.4 is 10.6 Å². The summed E-state index contributed by atoms with van der Waals surface area (Å²) >= 11 is 0. The third-order valence-electron chi connectivity index (χ3n) is 6.80. The number of carbonyl (C=O) groups is 3. The molecule has 2 atom stereocenters. The third kappa shape index (κ3) is 4.49. The fraction of sp³-hybridized carbons (Fsp3) is 0.308. The Balaban J connectivity index is 1.20. The smallest absolute Gasteiger partial charge is 0.412 e. The fourth-order valence-electron chi connectivity index (χ4n) is 5.03. The lowest BCUT2D eigenvalue weighted by atomic mass is 9.98. The molecule has 0 radical (unpaired) electrons. The van der Waals surface area contributed by atoms with E-state index in [4.69, 9.17) is 9.84 Å². The molecule has 2 aromatic carbocycles. The number of benzene rings is 2. The Morgan fingerprint density at radius 2 is 1.71 bits per heavy atom. The number of anilines is 1. The molecule has 2 amide bonds. The summed E-state index contributed by atoms with van der Waals surface area (Å²) in [5.74, 6) is -1.41. The molecule has 1 aromatic heterocycles. The van der Waals surface area contributed by atoms with E-state index in [9.17, 15) is 14.4 Å². The molecule has 0 spiro atoms. The maximum absolute atomic E-state index is 12.6. The Kier molecular flexibility index (Phi) is 5.98. The van der Waals surface area contributed by atoms with E-state index < -0.39 is 23.9 Å². The summed E-state index contributed by atoms with van der Waals surface area (Å²) in [5.41, 5.74) is 4.68. The van der Waals surface area contributed by atoms with Crippen LogP contribution in [0.25, 0.3) is 11.1 Å². The van der Waals surface area contributed by atoms with Crippen LogP contribution in [0.5, 0.6) is 0 Å². The number of nitrogens with one attached hydrogen (secondary N) is 2. The molecular weight excluding hydrogens is 448 g/mol. The average molecular weight is 475 g/mol. The van der Waals surface area contributed by atoms with Crippen LogP contribution in [0.1, 0.15) is 46.8 Å². The number of ether oxygens (including phenoxy) is 1. The predicted molar refractivity (Wildman–Crippen MR) is 128 cm³/mol. The van der Waals surface area contributed by atoms with E-state index in [1.165, 1.54) is 10.7 Å². The highest BCUT2D eigenvalue weighted by molar-refractivity contribution is 5.94. The first-order chi connectivity index (χ1) is 16.9. The normalized spacial score (nSPS) is 18.5. The van der Waals surface area contributed by atoms with Crippen molar-refractivity contribution in [3.63, 3.8) is 0 Å². The summed E-state index contributed by atoms with van der Waals surface area (Å²) in [6.07, 6.45) is 0.915. The zero-order valence-corrected chi connectivity index (χ0v) is 19.2. The molecule has 0 bridgehead atoms. The lowest BCUT2D eigenvalue weighted by molar-refractivity contribution is -0.141. The van der Waals surface area contributed by atoms with Crippen molar-refractivity contribution in [3.8, 4) is 11.1 Å². The number of carboxylic acids is 1. The fourth-order valence-corrected chi connectivity index (χ4v) is 5.03. The second-order valence-corrected chi connectivity index (χ2v) is 9.01. The Morgan fingerprint density at radius 3 is 2.34 bits per heavy atom. The van der Waals surface area contributed by atoms with Crippen LogP contribution in [-0.4, -0.2) is 45.5 Å². The maximum atomic E-state index is 12.6. The Labute approximate surface area is 202 Å². The zero-order chi connectivity index (χ0) is 24.5. The summed E-state index contributed by atoms with van der Waals surface area (Å²) in [4.78, 5) is 36.3. The largest absolute Gasteiger partial charge is 0.481 e. The van der Waals surface area contributed by atoms with Crippen molar-refractivity contribution in [2.24, 2.45) is 13.0 Å². The first kappa shape index (κ1) is 22.6. The minimum absolute atomic E-state index is 0.0536. The van der Waals surface area contributed by atoms with Crippen molar-refractivity contribution in [2.75, 3.05) is 11.9 Å². The summed E-state index contributed by atoms with van der Waals surface area (Å²) in [5, 5.41) is 18.8. The lowest BCUT2D eigenvalue weighted by Gasteiger charge is -2.14. The zero-order valence-electron chi connectivity index (χ0n) is 19.2. The van der Waals surface area contributed by atoms with Crippen molar-refractivity contribution in [2.45, 2.75) is 31.2 Å². The first-order valence-electron chi connectivity index (χ1n) is 11.6. The number of rotatable bonds is 6. The number of aliphatic carboxylic acids is 1. The van der Waals surface area contributed by atoms with Crippen molar-refractivity contribution in [1.29, 1.82) is 0 Å². The molecule has 0 saturated heterocycles. The van der Waals surface area contributed by atoms with Crippen LogP contribution in [0.4, 0.5) is 10.6 Å². The number of aromatic nitrogens is 2. The van der Waals surface area contributed by atoms with Crippen molar-refractivity contribution < 1.29 is 24.2 Å². The SMILES string of the molecule is Cn1nc(C(=O)NC2CCC(C(=O)O)C2)cc1NC(=O)OCC1c2ccccc2-c2ccccc21. The molecule has 1 fully saturated rings. The van der Waals surface area contributed by atoms with Gasteiger partial charge in [-0.25, -0.2) is 4.79 Å². The summed E-state index contributed by atoms with van der Waals surface area (Å²) < 4.78 is 6.96. The summed E-state index contributed by atoms with van der Waals surface area (Å²) in [7, 11) is 1.62. The van der Waals surface area contributed by atoms with Crippen molar-refractivity contribution in [3.05, 3.63) is 71.4 Å². The number of hydrogen-bond donors (Lipinski definition) is 3. The van der Waals surface area contributed by atoms with Gasteiger partial charge in [-0.1, -0.05) is 48.5 Å². The van der Waals surface area contributed by atoms with Gasteiger partial charge < -0.3 is 15.2 Å². The van der Waals surface area contributed by atoms with E-state index in [0.717, 1.165) is 22.3 Å². The van der Waals surface area contributed by atoms with Crippen LogP contribution in [0.15, 0.2) is 54.6 Å². The van der Waals surface area contributed by atoms with Crippen LogP contribution in [0, 0.1) is 5.92 Å². The van der Waals surface area contributed by atoms with E-state index in [2.05, 4.69) is 40.0 Å². The maximum Gasteiger partial charge on any atom is 0.412 e. The molecule has 1 heterocycles. The highest BCUT2D eigenvalue weighted by Gasteiger charge is 2.32. The van der Waals surface area contributed by atoms with Gasteiger partial charge in [0.1, 0.15) is 12.4 Å². The topological polar surface area (TPSA) is 123 Å². The second-order valence-electron chi connectivity index (χ2n) is 9.01. The molecule has 180 valence electrons. The van der Waals surface area contributed by atoms with Crippen LogP contribution in [0.2, 0.25) is 0 Å². The van der Waals surface area contributed by atoms with Gasteiger partial charge >= 0.3 is 12.1 Å². The quantitative estimate of drug-likeness (QED) is 0.500. The van der Waals surface area contributed by atoms with E-state index in [0.29, 0.717) is 25.1 Å². The van der Waals surface area contributed by atoms with Crippen LogP contribution >= 0.6 is 0 Å². The molecule has 3 N–H and O–H groups in total. The summed E-state index contributed by atoms with van der Waals surface area (Å²) in [6.45, 7) is 0.178. The van der Waals surface area contributed by atoms with Crippen LogP contribution in [-0.2, 0) is 16.6 Å². The molecule has 35 heavy (non-hydrogen) atoms. The lowest BCUT2D eigenvalue weighted by Crippen LogP contribution is -2.33. The predicted octanol–water partition coefficient (Wildman–Crippen LogP) is 3.76. The minimum Gasteiger partial charge on any atom is -0.481 e. The molecule has 2 aliphatic rings. The Morgan fingerprint density at radius 1 is 1.06 bits per heavy atom. The van der Waals surface area contributed by atoms with Gasteiger partial charge in [0.05, 0.1) is 5.92 Å². The molecule has 3 aromatic rings. The molecule has 0 aliphatic heterocycles. The van der Waals surface area contributed by atoms with Crippen molar-refractivity contribution in [1.82, 2.24) is 15.1 Å². The van der Waals surface area contributed by atoms with Gasteiger partial charge in [-0.2, -0.15) is 5.10 Å². The van der Waals surface area contributed by atoms with E-state index in [-0.39, 0.29) is 24.3 Å². The molecule has 9 nitrogen and oxygen atoms in total. The number of nitrogens with zero attached hydrogens (tertiary/aromatic N) is 2.